The molecule has 0 aromatic carbocycles. The first-order valence-corrected chi connectivity index (χ1v) is 6.03. The van der Waals surface area contributed by atoms with Crippen molar-refractivity contribution < 1.29 is 4.79 Å². The van der Waals surface area contributed by atoms with Crippen LogP contribution in [-0.2, 0) is 12.8 Å². The molecule has 1 aromatic heterocycles. The molecule has 1 aromatic rings. The minimum atomic E-state index is -0.107. The first kappa shape index (κ1) is 12.0. The molecule has 2 amide bonds. The fourth-order valence-corrected chi connectivity index (χ4v) is 2.00. The van der Waals surface area contributed by atoms with Gasteiger partial charge in [0.05, 0.1) is 5.01 Å². The highest BCUT2D eigenvalue weighted by Crippen LogP contribution is 2.13. The topological polar surface area (TPSA) is 54.0 Å². The van der Waals surface area contributed by atoms with Crippen LogP contribution >= 0.6 is 11.3 Å². The number of aromatic nitrogens is 1. The van der Waals surface area contributed by atoms with Crippen molar-refractivity contribution in [2.24, 2.45) is 0 Å². The van der Waals surface area contributed by atoms with Gasteiger partial charge in [-0.15, -0.1) is 11.3 Å². The van der Waals surface area contributed by atoms with Crippen LogP contribution in [0.3, 0.4) is 0 Å². The summed E-state index contributed by atoms with van der Waals surface area (Å²) in [7, 11) is 0. The quantitative estimate of drug-likeness (QED) is 0.802. The van der Waals surface area contributed by atoms with Crippen molar-refractivity contribution in [3.05, 3.63) is 16.1 Å². The predicted octanol–water partition coefficient (Wildman–Crippen LogP) is 1.57. The van der Waals surface area contributed by atoms with Crippen molar-refractivity contribution in [2.45, 2.75) is 26.7 Å². The fourth-order valence-electron chi connectivity index (χ4n) is 1.13. The number of hydrogen-bond acceptors (Lipinski definition) is 3. The van der Waals surface area contributed by atoms with Crippen molar-refractivity contribution in [3.63, 3.8) is 0 Å². The van der Waals surface area contributed by atoms with E-state index in [1.165, 1.54) is 4.88 Å². The average molecular weight is 227 g/mol. The van der Waals surface area contributed by atoms with Gasteiger partial charge in [0.2, 0.25) is 0 Å². The standard InChI is InChI=1S/C10H17N3OS/c1-3-8-7-13-9(15-8)5-6-12-10(14)11-4-2/h7H,3-6H2,1-2H3,(H2,11,12,14). The number of carbonyl (C=O) groups is 1. The van der Waals surface area contributed by atoms with Crippen molar-refractivity contribution >= 4 is 17.4 Å². The summed E-state index contributed by atoms with van der Waals surface area (Å²) in [6.07, 6.45) is 3.75. The molecule has 4 nitrogen and oxygen atoms in total. The third kappa shape index (κ3) is 4.29. The van der Waals surface area contributed by atoms with E-state index in [2.05, 4.69) is 22.5 Å². The number of nitrogens with zero attached hydrogens (tertiary/aromatic N) is 1. The van der Waals surface area contributed by atoms with Gasteiger partial charge in [-0.2, -0.15) is 0 Å². The Hall–Kier alpha value is -1.10. The molecule has 0 spiro atoms. The second-order valence-electron chi connectivity index (χ2n) is 3.11. The summed E-state index contributed by atoms with van der Waals surface area (Å²) in [5, 5.41) is 6.54. The smallest absolute Gasteiger partial charge is 0.314 e. The maximum absolute atomic E-state index is 11.1. The number of amides is 2. The first-order valence-electron chi connectivity index (χ1n) is 5.21. The Morgan fingerprint density at radius 3 is 2.87 bits per heavy atom. The molecule has 15 heavy (non-hydrogen) atoms. The van der Waals surface area contributed by atoms with E-state index in [0.717, 1.165) is 17.8 Å². The maximum Gasteiger partial charge on any atom is 0.314 e. The number of nitrogens with one attached hydrogen (secondary N) is 2. The Morgan fingerprint density at radius 1 is 1.47 bits per heavy atom. The Labute approximate surface area is 94.1 Å². The fraction of sp³-hybridized carbons (Fsp3) is 0.600. The molecule has 1 rings (SSSR count). The van der Waals surface area contributed by atoms with Crippen LogP contribution in [0.5, 0.6) is 0 Å². The lowest BCUT2D eigenvalue weighted by Crippen LogP contribution is -2.36. The molecule has 84 valence electrons. The molecule has 0 unspecified atom stereocenters. The third-order valence-electron chi connectivity index (χ3n) is 1.91. The summed E-state index contributed by atoms with van der Waals surface area (Å²) in [4.78, 5) is 16.6. The minimum absolute atomic E-state index is 0.107. The predicted molar refractivity (Wildman–Crippen MR) is 62.3 cm³/mol. The van der Waals surface area contributed by atoms with E-state index in [1.54, 1.807) is 11.3 Å². The van der Waals surface area contributed by atoms with Gasteiger partial charge in [0.1, 0.15) is 0 Å². The number of urea groups is 1. The summed E-state index contributed by atoms with van der Waals surface area (Å²) >= 11 is 1.72. The molecule has 0 aliphatic rings. The number of hydrogen-bond donors (Lipinski definition) is 2. The normalized spacial score (nSPS) is 10.0. The minimum Gasteiger partial charge on any atom is -0.338 e. The molecule has 2 N–H and O–H groups in total. The highest BCUT2D eigenvalue weighted by atomic mass is 32.1. The molecule has 0 aliphatic heterocycles. The van der Waals surface area contributed by atoms with Crippen LogP contribution in [0.25, 0.3) is 0 Å². The summed E-state index contributed by atoms with van der Waals surface area (Å²) in [5.74, 6) is 0. The van der Waals surface area contributed by atoms with E-state index >= 15 is 0 Å². The molecule has 0 saturated heterocycles. The average Bonchev–Trinajstić information content (AvgIpc) is 2.66. The van der Waals surface area contributed by atoms with Gasteiger partial charge >= 0.3 is 6.03 Å². The summed E-state index contributed by atoms with van der Waals surface area (Å²) in [6, 6.07) is -0.107. The first-order chi connectivity index (χ1) is 7.26. The zero-order chi connectivity index (χ0) is 11.1. The molecule has 0 radical (unpaired) electrons. The van der Waals surface area contributed by atoms with Gasteiger partial charge in [0.25, 0.3) is 0 Å². The van der Waals surface area contributed by atoms with E-state index in [9.17, 15) is 4.79 Å². The zero-order valence-electron chi connectivity index (χ0n) is 9.17. The van der Waals surface area contributed by atoms with Gasteiger partial charge in [0.15, 0.2) is 0 Å². The maximum atomic E-state index is 11.1. The van der Waals surface area contributed by atoms with Crippen LogP contribution in [0.15, 0.2) is 6.20 Å². The summed E-state index contributed by atoms with van der Waals surface area (Å²) < 4.78 is 0. The molecule has 5 heteroatoms. The van der Waals surface area contributed by atoms with Gasteiger partial charge < -0.3 is 10.6 Å². The van der Waals surface area contributed by atoms with Crippen LogP contribution in [0.4, 0.5) is 4.79 Å². The molecule has 0 saturated carbocycles. The van der Waals surface area contributed by atoms with E-state index in [1.807, 2.05) is 13.1 Å². The number of carbonyl (C=O) groups excluding carboxylic acids is 1. The monoisotopic (exact) mass is 227 g/mol. The van der Waals surface area contributed by atoms with Crippen molar-refractivity contribution in [2.75, 3.05) is 13.1 Å². The Balaban J connectivity index is 2.22. The van der Waals surface area contributed by atoms with E-state index in [0.29, 0.717) is 13.1 Å². The molecule has 0 fully saturated rings. The number of aryl methyl sites for hydroxylation is 1. The second kappa shape index (κ2) is 6.40. The number of thiazole rings is 1. The molecule has 0 bridgehead atoms. The second-order valence-corrected chi connectivity index (χ2v) is 4.31. The lowest BCUT2D eigenvalue weighted by Gasteiger charge is -2.03. The van der Waals surface area contributed by atoms with Crippen molar-refractivity contribution in [1.82, 2.24) is 15.6 Å². The highest BCUT2D eigenvalue weighted by Gasteiger charge is 2.01. The highest BCUT2D eigenvalue weighted by molar-refractivity contribution is 7.11. The van der Waals surface area contributed by atoms with Crippen LogP contribution in [0.1, 0.15) is 23.7 Å². The summed E-state index contributed by atoms with van der Waals surface area (Å²) in [5.41, 5.74) is 0. The molecule has 1 heterocycles. The van der Waals surface area contributed by atoms with Gasteiger partial charge in [-0.05, 0) is 13.3 Å². The molecule has 0 atom stereocenters. The van der Waals surface area contributed by atoms with Crippen molar-refractivity contribution in [3.8, 4) is 0 Å². The molecular formula is C10H17N3OS. The summed E-state index contributed by atoms with van der Waals surface area (Å²) in [6.45, 7) is 5.31. The SMILES string of the molecule is CCNC(=O)NCCc1ncc(CC)s1. The van der Waals surface area contributed by atoms with Gasteiger partial charge in [-0.1, -0.05) is 6.92 Å². The lowest BCUT2D eigenvalue weighted by molar-refractivity contribution is 0.241. The van der Waals surface area contributed by atoms with E-state index < -0.39 is 0 Å². The van der Waals surface area contributed by atoms with Crippen LogP contribution in [-0.4, -0.2) is 24.1 Å². The van der Waals surface area contributed by atoms with E-state index in [-0.39, 0.29) is 6.03 Å². The van der Waals surface area contributed by atoms with Crippen LogP contribution in [0.2, 0.25) is 0 Å². The van der Waals surface area contributed by atoms with Crippen LogP contribution in [0, 0.1) is 0 Å². The van der Waals surface area contributed by atoms with Gasteiger partial charge in [-0.3, -0.25) is 0 Å². The lowest BCUT2D eigenvalue weighted by atomic mass is 10.4. The molecule has 0 aliphatic carbocycles. The molecular weight excluding hydrogens is 210 g/mol. The Kier molecular flexibility index (Phi) is 5.10. The number of rotatable bonds is 5. The van der Waals surface area contributed by atoms with Gasteiger partial charge in [0, 0.05) is 30.6 Å². The Morgan fingerprint density at radius 2 is 2.27 bits per heavy atom. The Bertz CT molecular complexity index is 311. The largest absolute Gasteiger partial charge is 0.338 e. The van der Waals surface area contributed by atoms with Gasteiger partial charge in [-0.25, -0.2) is 9.78 Å². The van der Waals surface area contributed by atoms with Crippen molar-refractivity contribution in [1.29, 1.82) is 0 Å². The van der Waals surface area contributed by atoms with Crippen LogP contribution < -0.4 is 10.6 Å². The third-order valence-corrected chi connectivity index (χ3v) is 3.11. The van der Waals surface area contributed by atoms with E-state index in [4.69, 9.17) is 0 Å². The zero-order valence-corrected chi connectivity index (χ0v) is 9.99.